The molecule has 2 aliphatic rings. The molecule has 3 aromatic rings. The summed E-state index contributed by atoms with van der Waals surface area (Å²) >= 11 is 0. The molecule has 0 aromatic carbocycles. The molecule has 8 nitrogen and oxygen atoms in total. The smallest absolute Gasteiger partial charge is 0.261 e. The predicted molar refractivity (Wildman–Crippen MR) is 106 cm³/mol. The third kappa shape index (κ3) is 2.97. The number of piperidine rings is 1. The summed E-state index contributed by atoms with van der Waals surface area (Å²) in [6.07, 6.45) is 5.56. The molecule has 2 aliphatic heterocycles. The fourth-order valence-corrected chi connectivity index (χ4v) is 4.58. The summed E-state index contributed by atoms with van der Waals surface area (Å²) in [4.78, 5) is 38.8. The summed E-state index contributed by atoms with van der Waals surface area (Å²) in [5, 5.41) is 0. The van der Waals surface area contributed by atoms with Crippen molar-refractivity contribution in [3.8, 4) is 17.3 Å². The van der Waals surface area contributed by atoms with Crippen molar-refractivity contribution in [2.24, 2.45) is 5.92 Å². The number of hydrogen-bond acceptors (Lipinski definition) is 5. The largest absolute Gasteiger partial charge is 0.479 e. The van der Waals surface area contributed by atoms with Crippen LogP contribution in [0.25, 0.3) is 11.4 Å². The van der Waals surface area contributed by atoms with Gasteiger partial charge in [-0.05, 0) is 30.5 Å². The number of amides is 1. The summed E-state index contributed by atoms with van der Waals surface area (Å²) in [5.41, 5.74) is 1.58. The zero-order valence-electron chi connectivity index (χ0n) is 16.3. The van der Waals surface area contributed by atoms with E-state index >= 15 is 0 Å². The molecule has 3 aromatic heterocycles. The first-order chi connectivity index (χ1) is 14.5. The van der Waals surface area contributed by atoms with E-state index in [2.05, 4.69) is 15.0 Å². The number of nitrogens with zero attached hydrogens (tertiary/aromatic N) is 4. The van der Waals surface area contributed by atoms with Crippen LogP contribution in [0.3, 0.4) is 0 Å². The number of imidazole rings is 1. The van der Waals surface area contributed by atoms with Crippen molar-refractivity contribution in [2.45, 2.75) is 18.9 Å². The Morgan fingerprint density at radius 1 is 1.27 bits per heavy atom. The van der Waals surface area contributed by atoms with Crippen LogP contribution >= 0.6 is 0 Å². The zero-order valence-corrected chi connectivity index (χ0v) is 16.3. The molecule has 2 bridgehead atoms. The lowest BCUT2D eigenvalue weighted by Crippen LogP contribution is -2.49. The highest BCUT2D eigenvalue weighted by Crippen LogP contribution is 2.36. The van der Waals surface area contributed by atoms with Crippen molar-refractivity contribution in [1.29, 1.82) is 0 Å². The number of methoxy groups -OCH3 is 1. The van der Waals surface area contributed by atoms with Gasteiger partial charge in [0, 0.05) is 49.8 Å². The van der Waals surface area contributed by atoms with Gasteiger partial charge < -0.3 is 19.2 Å². The van der Waals surface area contributed by atoms with E-state index in [9.17, 15) is 14.0 Å². The molecule has 0 aliphatic carbocycles. The van der Waals surface area contributed by atoms with E-state index < -0.39 is 5.82 Å². The molecule has 154 valence electrons. The Kier molecular flexibility index (Phi) is 4.38. The summed E-state index contributed by atoms with van der Waals surface area (Å²) in [6.45, 7) is 1.53. The van der Waals surface area contributed by atoms with Crippen LogP contribution in [0.5, 0.6) is 5.88 Å². The monoisotopic (exact) mass is 409 g/mol. The van der Waals surface area contributed by atoms with Crippen molar-refractivity contribution in [3.63, 3.8) is 0 Å². The fraction of sp³-hybridized carbons (Fsp3) is 0.333. The van der Waals surface area contributed by atoms with Gasteiger partial charge >= 0.3 is 0 Å². The van der Waals surface area contributed by atoms with Crippen LogP contribution in [0.4, 0.5) is 4.39 Å². The molecule has 1 N–H and O–H groups in total. The lowest BCUT2D eigenvalue weighted by atomic mass is 9.82. The van der Waals surface area contributed by atoms with Crippen LogP contribution in [0, 0.1) is 11.7 Å². The maximum Gasteiger partial charge on any atom is 0.261 e. The average Bonchev–Trinajstić information content (AvgIpc) is 3.28. The van der Waals surface area contributed by atoms with E-state index in [0.717, 1.165) is 18.2 Å². The molecule has 0 spiro atoms. The second kappa shape index (κ2) is 7.08. The number of aromatic amines is 1. The lowest BCUT2D eigenvalue weighted by Gasteiger charge is -2.42. The number of fused-ring (bicyclic) bond motifs is 4. The number of halogens is 1. The Hall–Kier alpha value is -3.49. The van der Waals surface area contributed by atoms with Gasteiger partial charge in [-0.25, -0.2) is 14.4 Å². The first kappa shape index (κ1) is 18.5. The quantitative estimate of drug-likeness (QED) is 0.715. The van der Waals surface area contributed by atoms with Gasteiger partial charge in [0.05, 0.1) is 18.2 Å². The van der Waals surface area contributed by atoms with E-state index in [0.29, 0.717) is 31.0 Å². The number of carbonyl (C=O) groups excluding carboxylic acids is 1. The zero-order chi connectivity index (χ0) is 20.8. The molecule has 30 heavy (non-hydrogen) atoms. The lowest BCUT2D eigenvalue weighted by molar-refractivity contribution is 0.0593. The second-order valence-electron chi connectivity index (χ2n) is 7.75. The van der Waals surface area contributed by atoms with Crippen molar-refractivity contribution in [2.75, 3.05) is 20.2 Å². The normalized spacial score (nSPS) is 20.0. The number of nitrogens with one attached hydrogen (secondary N) is 1. The van der Waals surface area contributed by atoms with Crippen LogP contribution in [-0.4, -0.2) is 50.5 Å². The van der Waals surface area contributed by atoms with Crippen LogP contribution in [0.1, 0.15) is 28.4 Å². The van der Waals surface area contributed by atoms with E-state index in [1.54, 1.807) is 23.4 Å². The van der Waals surface area contributed by atoms with Gasteiger partial charge in [-0.15, -0.1) is 0 Å². The Morgan fingerprint density at radius 2 is 2.13 bits per heavy atom. The van der Waals surface area contributed by atoms with Gasteiger partial charge in [-0.1, -0.05) is 0 Å². The molecule has 0 radical (unpaired) electrons. The van der Waals surface area contributed by atoms with Crippen LogP contribution in [-0.2, 0) is 6.54 Å². The Labute approximate surface area is 171 Å². The molecule has 9 heteroatoms. The molecular formula is C21H20FN5O3. The van der Waals surface area contributed by atoms with Crippen molar-refractivity contribution < 1.29 is 13.9 Å². The van der Waals surface area contributed by atoms with Crippen LogP contribution in [0.2, 0.25) is 0 Å². The Bertz CT molecular complexity index is 1170. The topological polar surface area (TPSA) is 93.1 Å². The highest BCUT2D eigenvalue weighted by molar-refractivity contribution is 5.94. The van der Waals surface area contributed by atoms with E-state index in [-0.39, 0.29) is 34.7 Å². The minimum absolute atomic E-state index is 0.0517. The van der Waals surface area contributed by atoms with Crippen molar-refractivity contribution >= 4 is 5.91 Å². The molecular weight excluding hydrogens is 389 g/mol. The van der Waals surface area contributed by atoms with Crippen LogP contribution in [0.15, 0.2) is 41.6 Å². The molecule has 1 fully saturated rings. The number of rotatable bonds is 3. The number of pyridine rings is 2. The third-order valence-electron chi connectivity index (χ3n) is 5.89. The number of carbonyl (C=O) groups is 1. The third-order valence-corrected chi connectivity index (χ3v) is 5.89. The maximum absolute atomic E-state index is 14.0. The summed E-state index contributed by atoms with van der Waals surface area (Å²) in [7, 11) is 1.33. The van der Waals surface area contributed by atoms with E-state index in [4.69, 9.17) is 4.74 Å². The number of likely N-dealkylation sites (tertiary alicyclic amines) is 1. The molecule has 5 rings (SSSR count). The fourth-order valence-electron chi connectivity index (χ4n) is 4.58. The SMILES string of the molecule is COc1ncc(C(=O)N2C[C@@H]3C[C@H](C2)c2ccc(-c4ncc[nH]4)c(=O)n2C3)cc1F. The molecule has 5 heterocycles. The standard InChI is InChI=1S/C21H20FN5O3/c1-30-19-16(22)7-13(8-25-19)20(28)26-9-12-6-14(11-26)17-3-2-15(18-23-4-5-24-18)21(29)27(17)10-12/h2-5,7-8,12,14H,6,9-11H2,1H3,(H,23,24)/t12-,14+/m0/s1. The van der Waals surface area contributed by atoms with Gasteiger partial charge in [0.15, 0.2) is 5.82 Å². The first-order valence-corrected chi connectivity index (χ1v) is 9.77. The minimum Gasteiger partial charge on any atom is -0.479 e. The van der Waals surface area contributed by atoms with Gasteiger partial charge in [0.1, 0.15) is 5.82 Å². The van der Waals surface area contributed by atoms with Gasteiger partial charge in [-0.3, -0.25) is 9.59 Å². The number of aromatic nitrogens is 4. The predicted octanol–water partition coefficient (Wildman–Crippen LogP) is 2.04. The van der Waals surface area contributed by atoms with Crippen molar-refractivity contribution in [1.82, 2.24) is 24.4 Å². The van der Waals surface area contributed by atoms with Gasteiger partial charge in [0.25, 0.3) is 11.5 Å². The van der Waals surface area contributed by atoms with E-state index in [1.807, 2.05) is 10.6 Å². The second-order valence-corrected chi connectivity index (χ2v) is 7.75. The minimum atomic E-state index is -0.664. The Balaban J connectivity index is 1.43. The van der Waals surface area contributed by atoms with E-state index in [1.165, 1.54) is 13.3 Å². The molecule has 2 atom stereocenters. The molecule has 1 saturated heterocycles. The summed E-state index contributed by atoms with van der Waals surface area (Å²) in [6, 6.07) is 4.90. The highest BCUT2D eigenvalue weighted by Gasteiger charge is 2.37. The molecule has 1 amide bonds. The number of hydrogen-bond donors (Lipinski definition) is 1. The average molecular weight is 409 g/mol. The van der Waals surface area contributed by atoms with Crippen LogP contribution < -0.4 is 10.3 Å². The molecule has 0 unspecified atom stereocenters. The summed E-state index contributed by atoms with van der Waals surface area (Å²) < 4.78 is 20.6. The van der Waals surface area contributed by atoms with Gasteiger partial charge in [0.2, 0.25) is 5.88 Å². The number of ether oxygens (including phenoxy) is 1. The highest BCUT2D eigenvalue weighted by atomic mass is 19.1. The summed E-state index contributed by atoms with van der Waals surface area (Å²) in [5.74, 6) is -0.305. The maximum atomic E-state index is 14.0. The number of H-pyrrole nitrogens is 1. The van der Waals surface area contributed by atoms with Gasteiger partial charge in [-0.2, -0.15) is 0 Å². The Morgan fingerprint density at radius 3 is 2.87 bits per heavy atom. The first-order valence-electron chi connectivity index (χ1n) is 9.77. The van der Waals surface area contributed by atoms with Crippen molar-refractivity contribution in [3.05, 3.63) is 64.2 Å². The molecule has 0 saturated carbocycles.